The fourth-order valence-electron chi connectivity index (χ4n) is 5.52. The van der Waals surface area contributed by atoms with Crippen LogP contribution in [0.4, 0.5) is 8.78 Å². The van der Waals surface area contributed by atoms with Crippen molar-refractivity contribution in [3.05, 3.63) is 33.3 Å². The molecular weight excluding hydrogens is 472 g/mol. The first-order valence-corrected chi connectivity index (χ1v) is 12.5. The maximum Gasteiger partial charge on any atom is 0.270 e. The maximum absolute atomic E-state index is 14.0. The molecule has 2 aliphatic heterocycles. The minimum Gasteiger partial charge on any atom is -0.492 e. The number of hydrogen-bond acceptors (Lipinski definition) is 5. The summed E-state index contributed by atoms with van der Waals surface area (Å²) in [7, 11) is 0. The van der Waals surface area contributed by atoms with E-state index in [9.17, 15) is 28.3 Å². The number of amides is 2. The van der Waals surface area contributed by atoms with Crippen LogP contribution in [0.15, 0.2) is 10.9 Å². The minimum atomic E-state index is -2.75. The molecule has 194 valence electrons. The van der Waals surface area contributed by atoms with Crippen molar-refractivity contribution in [1.29, 1.82) is 0 Å². The van der Waals surface area contributed by atoms with Crippen LogP contribution in [0.1, 0.15) is 74.0 Å². The lowest BCUT2D eigenvalue weighted by Gasteiger charge is -2.38. The lowest BCUT2D eigenvalue weighted by atomic mass is 9.98. The lowest BCUT2D eigenvalue weighted by Crippen LogP contribution is -2.49. The molecule has 2 N–H and O–H groups in total. The molecule has 2 unspecified atom stereocenters. The van der Waals surface area contributed by atoms with Crippen LogP contribution in [0.2, 0.25) is 0 Å². The SMILES string of the molecule is Cc1nn2c(O)c(C(=O)NC3CC3)c(=O)n(CC(C)C)c2c1C=CC(=O)N1C2CCC1CC(F)(F)C2. The molecule has 36 heavy (non-hydrogen) atoms. The minimum absolute atomic E-state index is 0.000518. The Morgan fingerprint density at radius 1 is 1.19 bits per heavy atom. The first kappa shape index (κ1) is 24.5. The number of rotatable bonds is 6. The molecule has 2 aromatic rings. The summed E-state index contributed by atoms with van der Waals surface area (Å²) in [6.07, 6.45) is 4.97. The van der Waals surface area contributed by atoms with Gasteiger partial charge in [-0.1, -0.05) is 13.8 Å². The molecule has 0 aromatic carbocycles. The third-order valence-electron chi connectivity index (χ3n) is 7.24. The van der Waals surface area contributed by atoms with Crippen molar-refractivity contribution < 1.29 is 23.5 Å². The van der Waals surface area contributed by atoms with Crippen LogP contribution in [-0.4, -0.2) is 60.1 Å². The Morgan fingerprint density at radius 3 is 2.42 bits per heavy atom. The van der Waals surface area contributed by atoms with Crippen LogP contribution in [0.3, 0.4) is 0 Å². The highest BCUT2D eigenvalue weighted by atomic mass is 19.3. The normalized spacial score (nSPS) is 23.2. The van der Waals surface area contributed by atoms with Gasteiger partial charge in [0.25, 0.3) is 17.4 Å². The molecule has 0 radical (unpaired) electrons. The first-order valence-electron chi connectivity index (χ1n) is 12.5. The number of fused-ring (bicyclic) bond motifs is 3. The summed E-state index contributed by atoms with van der Waals surface area (Å²) in [6, 6.07) is -0.979. The predicted molar refractivity (Wildman–Crippen MR) is 128 cm³/mol. The molecule has 2 bridgehead atoms. The quantitative estimate of drug-likeness (QED) is 0.590. The summed E-state index contributed by atoms with van der Waals surface area (Å²) in [5, 5.41) is 18.0. The van der Waals surface area contributed by atoms with E-state index in [0.717, 1.165) is 17.4 Å². The molecule has 2 aromatic heterocycles. The van der Waals surface area contributed by atoms with Crippen molar-refractivity contribution >= 4 is 23.5 Å². The van der Waals surface area contributed by atoms with Gasteiger partial charge in [-0.15, -0.1) is 0 Å². The summed E-state index contributed by atoms with van der Waals surface area (Å²) < 4.78 is 30.5. The summed E-state index contributed by atoms with van der Waals surface area (Å²) in [5.41, 5.74) is 0.155. The molecule has 2 atom stereocenters. The highest BCUT2D eigenvalue weighted by Crippen LogP contribution is 2.43. The van der Waals surface area contributed by atoms with Gasteiger partial charge in [0.1, 0.15) is 5.65 Å². The van der Waals surface area contributed by atoms with E-state index >= 15 is 0 Å². The van der Waals surface area contributed by atoms with Gasteiger partial charge in [-0.05, 0) is 44.6 Å². The number of hydrogen-bond donors (Lipinski definition) is 2. The Labute approximate surface area is 206 Å². The molecule has 9 nitrogen and oxygen atoms in total. The van der Waals surface area contributed by atoms with E-state index in [1.54, 1.807) is 11.8 Å². The molecule has 4 heterocycles. The highest BCUT2D eigenvalue weighted by molar-refractivity contribution is 5.97. The van der Waals surface area contributed by atoms with Crippen molar-refractivity contribution in [2.75, 3.05) is 0 Å². The number of aromatic nitrogens is 3. The van der Waals surface area contributed by atoms with Crippen molar-refractivity contribution in [2.45, 2.75) is 89.9 Å². The van der Waals surface area contributed by atoms with Crippen molar-refractivity contribution in [2.24, 2.45) is 5.92 Å². The van der Waals surface area contributed by atoms with Crippen molar-refractivity contribution in [3.8, 4) is 5.88 Å². The molecule has 11 heteroatoms. The van der Waals surface area contributed by atoms with Crippen LogP contribution in [0, 0.1) is 12.8 Å². The van der Waals surface area contributed by atoms with Crippen molar-refractivity contribution in [1.82, 2.24) is 24.4 Å². The predicted octanol–water partition coefficient (Wildman–Crippen LogP) is 2.86. The van der Waals surface area contributed by atoms with Crippen molar-refractivity contribution in [3.63, 3.8) is 0 Å². The lowest BCUT2D eigenvalue weighted by molar-refractivity contribution is -0.139. The second-order valence-corrected chi connectivity index (χ2v) is 10.7. The fraction of sp³-hybridized carbons (Fsp3) is 0.600. The van der Waals surface area contributed by atoms with Gasteiger partial charge in [0, 0.05) is 49.2 Å². The monoisotopic (exact) mass is 503 g/mol. The van der Waals surface area contributed by atoms with Crippen LogP contribution >= 0.6 is 0 Å². The number of nitrogens with one attached hydrogen (secondary N) is 1. The van der Waals surface area contributed by atoms with Gasteiger partial charge in [-0.2, -0.15) is 9.61 Å². The summed E-state index contributed by atoms with van der Waals surface area (Å²) >= 11 is 0. The topological polar surface area (TPSA) is 109 Å². The molecule has 1 aliphatic carbocycles. The molecule has 3 fully saturated rings. The van der Waals surface area contributed by atoms with Crippen LogP contribution in [-0.2, 0) is 11.3 Å². The van der Waals surface area contributed by atoms with Gasteiger partial charge < -0.3 is 15.3 Å². The van der Waals surface area contributed by atoms with Crippen LogP contribution < -0.4 is 10.9 Å². The van der Waals surface area contributed by atoms with Gasteiger partial charge in [-0.25, -0.2) is 8.78 Å². The fourth-order valence-corrected chi connectivity index (χ4v) is 5.52. The third kappa shape index (κ3) is 4.28. The summed E-state index contributed by atoms with van der Waals surface area (Å²) in [5.74, 6) is -4.27. The van der Waals surface area contributed by atoms with Gasteiger partial charge in [0.2, 0.25) is 11.8 Å². The van der Waals surface area contributed by atoms with E-state index in [1.807, 2.05) is 13.8 Å². The summed E-state index contributed by atoms with van der Waals surface area (Å²) in [6.45, 7) is 5.78. The molecule has 2 amide bonds. The second-order valence-electron chi connectivity index (χ2n) is 10.7. The van der Waals surface area contributed by atoms with Gasteiger partial charge >= 0.3 is 0 Å². The van der Waals surface area contributed by atoms with E-state index in [2.05, 4.69) is 10.4 Å². The molecule has 5 rings (SSSR count). The molecule has 0 spiro atoms. The first-order chi connectivity index (χ1) is 17.0. The second kappa shape index (κ2) is 8.70. The largest absolute Gasteiger partial charge is 0.492 e. The Balaban J connectivity index is 1.55. The average Bonchev–Trinajstić information content (AvgIpc) is 3.45. The Bertz CT molecular complexity index is 1310. The highest BCUT2D eigenvalue weighted by Gasteiger charge is 2.50. The number of carbonyl (C=O) groups is 2. The van der Waals surface area contributed by atoms with Crippen LogP contribution in [0.25, 0.3) is 11.7 Å². The zero-order valence-corrected chi connectivity index (χ0v) is 20.6. The molecular formula is C25H31F2N5O4. The number of aromatic hydroxyl groups is 1. The van der Waals surface area contributed by atoms with Gasteiger partial charge in [0.15, 0.2) is 5.56 Å². The number of piperidine rings is 1. The van der Waals surface area contributed by atoms with E-state index in [1.165, 1.54) is 16.7 Å². The molecule has 3 aliphatic rings. The van der Waals surface area contributed by atoms with E-state index in [4.69, 9.17) is 0 Å². The summed E-state index contributed by atoms with van der Waals surface area (Å²) in [4.78, 5) is 40.8. The standard InChI is InChI=1S/C25H31F2N5O4/c1-13(2)12-30-22-18(8-9-19(33)31-16-6-7-17(31)11-25(26,27)10-16)14(3)29-32(22)24(36)20(23(30)35)21(34)28-15-4-5-15/h8-9,13,15-17,36H,4-7,10-12H2,1-3H3,(H,28,34). The number of aryl methyl sites for hydroxylation is 1. The maximum atomic E-state index is 14.0. The van der Waals surface area contributed by atoms with Gasteiger partial charge in [0.05, 0.1) is 5.69 Å². The molecule has 1 saturated carbocycles. The Hall–Kier alpha value is -3.24. The average molecular weight is 504 g/mol. The van der Waals surface area contributed by atoms with Crippen LogP contribution in [0.5, 0.6) is 5.88 Å². The zero-order valence-electron chi connectivity index (χ0n) is 20.6. The zero-order chi connectivity index (χ0) is 25.9. The molecule has 2 saturated heterocycles. The number of halogens is 2. The number of carbonyl (C=O) groups excluding carboxylic acids is 2. The Kier molecular flexibility index (Phi) is 5.91. The number of alkyl halides is 2. The smallest absolute Gasteiger partial charge is 0.270 e. The van der Waals surface area contributed by atoms with E-state index in [0.29, 0.717) is 24.1 Å². The van der Waals surface area contributed by atoms with E-state index in [-0.39, 0.29) is 48.5 Å². The van der Waals surface area contributed by atoms with Gasteiger partial charge in [-0.3, -0.25) is 19.0 Å². The van der Waals surface area contributed by atoms with E-state index < -0.39 is 35.4 Å². The number of nitrogens with zero attached hydrogens (tertiary/aromatic N) is 4. The Morgan fingerprint density at radius 2 is 1.83 bits per heavy atom. The third-order valence-corrected chi connectivity index (χ3v) is 7.24.